The van der Waals surface area contributed by atoms with E-state index in [4.69, 9.17) is 45.6 Å². The molecule has 1 unspecified atom stereocenters. The van der Waals surface area contributed by atoms with Gasteiger partial charge in [-0.25, -0.2) is 15.5 Å². The van der Waals surface area contributed by atoms with E-state index in [1.807, 2.05) is 0 Å². The molecule has 1 atom stereocenters. The number of halogens is 1. The molecular weight excluding hydrogens is 353 g/mol. The van der Waals surface area contributed by atoms with Crippen LogP contribution in [0.3, 0.4) is 0 Å². The lowest BCUT2D eigenvalue weighted by molar-refractivity contribution is -0.159. The first kappa shape index (κ1) is 25.3. The molecule has 0 saturated heterocycles. The zero-order valence-corrected chi connectivity index (χ0v) is 13.8. The lowest BCUT2D eigenvalue weighted by Gasteiger charge is -2.33. The van der Waals surface area contributed by atoms with Crippen LogP contribution in [0.4, 0.5) is 0 Å². The Labute approximate surface area is 132 Å². The van der Waals surface area contributed by atoms with Crippen molar-refractivity contribution in [1.82, 2.24) is 0 Å². The van der Waals surface area contributed by atoms with Crippen LogP contribution >= 0.6 is 15.9 Å². The molecule has 7 N–H and O–H groups in total. The minimum atomic E-state index is -2.17. The van der Waals surface area contributed by atoms with Crippen LogP contribution < -0.4 is 5.90 Å². The van der Waals surface area contributed by atoms with Crippen LogP contribution in [0.5, 0.6) is 0 Å². The summed E-state index contributed by atoms with van der Waals surface area (Å²) in [6.45, 7) is 6.50. The second-order valence-corrected chi connectivity index (χ2v) is 4.66. The third-order valence-corrected chi connectivity index (χ3v) is 4.08. The molecule has 0 bridgehead atoms. The molecule has 0 aliphatic rings. The highest BCUT2D eigenvalue weighted by molar-refractivity contribution is 9.09. The summed E-state index contributed by atoms with van der Waals surface area (Å²) < 4.78 is 0. The van der Waals surface area contributed by atoms with E-state index in [-0.39, 0.29) is 10.4 Å². The summed E-state index contributed by atoms with van der Waals surface area (Å²) in [6, 6.07) is 0. The Hall–Kier alpha value is -0.715. The molecular formula is C10H23BBrNO8. The van der Waals surface area contributed by atoms with Gasteiger partial charge in [0.25, 0.3) is 0 Å². The van der Waals surface area contributed by atoms with Crippen LogP contribution in [0.25, 0.3) is 0 Å². The highest BCUT2D eigenvalue weighted by Crippen LogP contribution is 2.38. The Balaban J connectivity index is -0.000000272. The molecule has 0 heterocycles. The molecule has 126 valence electrons. The second-order valence-electron chi connectivity index (χ2n) is 3.83. The van der Waals surface area contributed by atoms with Crippen molar-refractivity contribution in [1.29, 1.82) is 0 Å². The van der Waals surface area contributed by atoms with Gasteiger partial charge in [0.2, 0.25) is 0 Å². The molecule has 0 amide bonds. The summed E-state index contributed by atoms with van der Waals surface area (Å²) in [5.41, 5.74) is 0.203. The number of aliphatic carboxylic acids is 2. The topological polar surface area (TPSA) is 171 Å². The molecule has 0 aromatic heterocycles. The Morgan fingerprint density at radius 1 is 1.10 bits per heavy atom. The third-order valence-electron chi connectivity index (χ3n) is 2.90. The molecule has 21 heavy (non-hydrogen) atoms. The van der Waals surface area contributed by atoms with E-state index in [9.17, 15) is 0 Å². The number of hydrogen-bond donors (Lipinski definition) is 6. The number of hydrogen-bond acceptors (Lipinski definition) is 7. The number of rotatable bonds is 5. The third kappa shape index (κ3) is 14.0. The van der Waals surface area contributed by atoms with Gasteiger partial charge in [-0.3, -0.25) is 4.84 Å². The summed E-state index contributed by atoms with van der Waals surface area (Å²) in [7, 11) is -2.17. The Kier molecular flexibility index (Phi) is 17.1. The van der Waals surface area contributed by atoms with Crippen molar-refractivity contribution in [3.8, 4) is 0 Å². The van der Waals surface area contributed by atoms with E-state index in [1.54, 1.807) is 0 Å². The van der Waals surface area contributed by atoms with Crippen molar-refractivity contribution < 1.29 is 39.7 Å². The van der Waals surface area contributed by atoms with E-state index >= 15 is 0 Å². The van der Waals surface area contributed by atoms with E-state index in [0.717, 1.165) is 19.3 Å². The van der Waals surface area contributed by atoms with Crippen molar-refractivity contribution in [3.63, 3.8) is 0 Å². The smallest absolute Gasteiger partial charge is 0.473 e. The monoisotopic (exact) mass is 375 g/mol. The average molecular weight is 376 g/mol. The van der Waals surface area contributed by atoms with Crippen LogP contribution in [0, 0.1) is 5.41 Å². The van der Waals surface area contributed by atoms with Crippen molar-refractivity contribution >= 4 is 35.2 Å². The Morgan fingerprint density at radius 3 is 1.38 bits per heavy atom. The minimum absolute atomic E-state index is 0.0185. The van der Waals surface area contributed by atoms with Gasteiger partial charge in [-0.15, -0.1) is 0 Å². The molecule has 0 fully saturated rings. The first-order valence-electron chi connectivity index (χ1n) is 6.04. The first-order valence-corrected chi connectivity index (χ1v) is 6.96. The van der Waals surface area contributed by atoms with Gasteiger partial charge in [0.1, 0.15) is 5.01 Å². The maximum Gasteiger partial charge on any atom is 0.631 e. The fourth-order valence-electron chi connectivity index (χ4n) is 1.38. The first-order chi connectivity index (χ1) is 9.54. The van der Waals surface area contributed by atoms with Gasteiger partial charge < -0.3 is 25.3 Å². The summed E-state index contributed by atoms with van der Waals surface area (Å²) in [4.78, 5) is 23.0. The molecule has 0 aromatic carbocycles. The maximum absolute atomic E-state index is 9.10. The fourth-order valence-corrected chi connectivity index (χ4v) is 2.35. The standard InChI is InChI=1S/C8H18BrNO.C2H2O4.BH3O3/c1-4-8(5-2,6-3)7(9)11-10;3-1(4)2(5)6;2-1(3)4/h7H,4-6,10H2,1-3H3;(H,3,4)(H,5,6);2-4H. The highest BCUT2D eigenvalue weighted by atomic mass is 79.9. The summed E-state index contributed by atoms with van der Waals surface area (Å²) in [5, 5.41) is 36.3. The molecule has 0 aromatic rings. The lowest BCUT2D eigenvalue weighted by atomic mass is 9.81. The second kappa shape index (κ2) is 14.2. The van der Waals surface area contributed by atoms with Crippen molar-refractivity contribution in [2.75, 3.05) is 0 Å². The van der Waals surface area contributed by atoms with Crippen LogP contribution in [-0.2, 0) is 14.4 Å². The molecule has 0 radical (unpaired) electrons. The van der Waals surface area contributed by atoms with Gasteiger partial charge in [-0.2, -0.15) is 0 Å². The largest absolute Gasteiger partial charge is 0.631 e. The van der Waals surface area contributed by atoms with E-state index < -0.39 is 19.3 Å². The van der Waals surface area contributed by atoms with Gasteiger partial charge in [-0.1, -0.05) is 36.7 Å². The summed E-state index contributed by atoms with van der Waals surface area (Å²) >= 11 is 3.43. The van der Waals surface area contributed by atoms with Gasteiger partial charge in [-0.05, 0) is 19.3 Å². The number of carboxylic acid groups (broad SMARTS) is 2. The Bertz CT molecular complexity index is 265. The molecule has 11 heteroatoms. The molecule has 0 aliphatic heterocycles. The van der Waals surface area contributed by atoms with Gasteiger partial charge in [0, 0.05) is 5.41 Å². The van der Waals surface area contributed by atoms with Gasteiger partial charge in [0.15, 0.2) is 0 Å². The Morgan fingerprint density at radius 2 is 1.33 bits per heavy atom. The van der Waals surface area contributed by atoms with Crippen LogP contribution in [0.15, 0.2) is 0 Å². The van der Waals surface area contributed by atoms with E-state index in [1.165, 1.54) is 0 Å². The van der Waals surface area contributed by atoms with Gasteiger partial charge >= 0.3 is 19.3 Å². The summed E-state index contributed by atoms with van der Waals surface area (Å²) in [6.07, 6.45) is 3.27. The molecule has 0 saturated carbocycles. The van der Waals surface area contributed by atoms with E-state index in [2.05, 4.69) is 36.7 Å². The van der Waals surface area contributed by atoms with Crippen molar-refractivity contribution in [2.45, 2.75) is 45.0 Å². The van der Waals surface area contributed by atoms with Gasteiger partial charge in [0.05, 0.1) is 0 Å². The lowest BCUT2D eigenvalue weighted by Crippen LogP contribution is -2.33. The number of nitrogens with two attached hydrogens (primary N) is 1. The number of alkyl halides is 1. The summed E-state index contributed by atoms with van der Waals surface area (Å²) in [5.74, 6) is 1.49. The maximum atomic E-state index is 9.10. The van der Waals surface area contributed by atoms with Crippen molar-refractivity contribution in [2.24, 2.45) is 11.3 Å². The fraction of sp³-hybridized carbons (Fsp3) is 0.800. The zero-order chi connectivity index (χ0) is 17.6. The molecule has 0 rings (SSSR count). The zero-order valence-electron chi connectivity index (χ0n) is 12.2. The normalized spacial score (nSPS) is 11.2. The molecule has 9 nitrogen and oxygen atoms in total. The quantitative estimate of drug-likeness (QED) is 0.166. The minimum Gasteiger partial charge on any atom is -0.473 e. The predicted octanol–water partition coefficient (Wildman–Crippen LogP) is -0.0821. The van der Waals surface area contributed by atoms with Crippen LogP contribution in [-0.4, -0.2) is 49.6 Å². The van der Waals surface area contributed by atoms with Crippen LogP contribution in [0.1, 0.15) is 40.0 Å². The predicted molar refractivity (Wildman–Crippen MR) is 79.0 cm³/mol. The molecule has 0 spiro atoms. The number of carbonyl (C=O) groups is 2. The number of carboxylic acids is 2. The van der Waals surface area contributed by atoms with Crippen molar-refractivity contribution in [3.05, 3.63) is 0 Å². The SMILES string of the molecule is CCC(CC)(CC)C(Br)ON.O=C(O)C(=O)O.OB(O)O. The molecule has 0 aliphatic carbocycles. The van der Waals surface area contributed by atoms with E-state index in [0.29, 0.717) is 0 Å². The highest BCUT2D eigenvalue weighted by Gasteiger charge is 2.32. The average Bonchev–Trinajstić information content (AvgIpc) is 2.41. The van der Waals surface area contributed by atoms with Crippen LogP contribution in [0.2, 0.25) is 0 Å².